The summed E-state index contributed by atoms with van der Waals surface area (Å²) < 4.78 is 5.35. The maximum Gasteiger partial charge on any atom is 0.265 e. The minimum Gasteiger partial charge on any atom is -0.497 e. The predicted molar refractivity (Wildman–Crippen MR) is 119 cm³/mol. The molecule has 0 saturated carbocycles. The number of aromatic nitrogens is 1. The van der Waals surface area contributed by atoms with Gasteiger partial charge in [0.1, 0.15) is 10.6 Å². The number of thiazole rings is 1. The number of methoxy groups -OCH3 is 1. The molecule has 0 spiro atoms. The van der Waals surface area contributed by atoms with Crippen LogP contribution in [0.2, 0.25) is 0 Å². The standard InChI is InChI=1S/C24H31N3O2S/c1-15-23(30-16(2)25-15)24(28)26-12-17-11-19(14-26)22-6-4-5-21(27(22)13-17)18-7-9-20(29-3)10-8-18/h7-10,17,19,21-22H,4-6,11-14H2,1-3H3/t17-,19+,21+,22-/m0/s1. The highest BCUT2D eigenvalue weighted by molar-refractivity contribution is 7.13. The normalized spacial score (nSPS) is 28.8. The number of carbonyl (C=O) groups is 1. The minimum atomic E-state index is 0.198. The van der Waals surface area contributed by atoms with Crippen molar-refractivity contribution in [3.8, 4) is 5.75 Å². The molecule has 0 aliphatic carbocycles. The van der Waals surface area contributed by atoms with Crippen LogP contribution in [-0.2, 0) is 0 Å². The van der Waals surface area contributed by atoms with Gasteiger partial charge in [0.2, 0.25) is 0 Å². The van der Waals surface area contributed by atoms with Crippen molar-refractivity contribution in [2.24, 2.45) is 11.8 Å². The maximum atomic E-state index is 13.2. The summed E-state index contributed by atoms with van der Waals surface area (Å²) in [7, 11) is 1.72. The first-order valence-corrected chi connectivity index (χ1v) is 12.0. The van der Waals surface area contributed by atoms with Gasteiger partial charge >= 0.3 is 0 Å². The molecule has 6 heteroatoms. The molecule has 0 radical (unpaired) electrons. The van der Waals surface area contributed by atoms with Crippen molar-refractivity contribution in [2.75, 3.05) is 26.7 Å². The molecule has 0 unspecified atom stereocenters. The Morgan fingerprint density at radius 3 is 2.63 bits per heavy atom. The maximum absolute atomic E-state index is 13.2. The lowest BCUT2D eigenvalue weighted by Crippen LogP contribution is -2.60. The molecule has 0 N–H and O–H groups in total. The summed E-state index contributed by atoms with van der Waals surface area (Å²) >= 11 is 1.54. The van der Waals surface area contributed by atoms with Crippen LogP contribution >= 0.6 is 11.3 Å². The van der Waals surface area contributed by atoms with E-state index in [0.29, 0.717) is 23.9 Å². The summed E-state index contributed by atoms with van der Waals surface area (Å²) in [5.41, 5.74) is 2.29. The van der Waals surface area contributed by atoms with Gasteiger partial charge in [-0.05, 0) is 69.1 Å². The number of amides is 1. The van der Waals surface area contributed by atoms with E-state index in [1.54, 1.807) is 18.4 Å². The highest BCUT2D eigenvalue weighted by Crippen LogP contribution is 2.44. The van der Waals surface area contributed by atoms with Gasteiger partial charge in [-0.25, -0.2) is 4.98 Å². The van der Waals surface area contributed by atoms with Gasteiger partial charge in [-0.3, -0.25) is 9.69 Å². The van der Waals surface area contributed by atoms with E-state index in [1.807, 2.05) is 13.8 Å². The molecule has 1 aromatic carbocycles. The Bertz CT molecular complexity index is 925. The predicted octanol–water partition coefficient (Wildman–Crippen LogP) is 4.46. The van der Waals surface area contributed by atoms with Crippen molar-refractivity contribution in [1.29, 1.82) is 0 Å². The topological polar surface area (TPSA) is 45.7 Å². The lowest BCUT2D eigenvalue weighted by molar-refractivity contribution is -0.0510. The van der Waals surface area contributed by atoms with Crippen LogP contribution in [0.4, 0.5) is 0 Å². The largest absolute Gasteiger partial charge is 0.497 e. The van der Waals surface area contributed by atoms with Gasteiger partial charge in [0, 0.05) is 31.7 Å². The Morgan fingerprint density at radius 2 is 1.93 bits per heavy atom. The molecule has 1 aromatic heterocycles. The number of hydrogen-bond donors (Lipinski definition) is 0. The number of likely N-dealkylation sites (tertiary alicyclic amines) is 1. The molecule has 4 heterocycles. The first kappa shape index (κ1) is 20.0. The summed E-state index contributed by atoms with van der Waals surface area (Å²) in [5, 5.41) is 0.980. The highest BCUT2D eigenvalue weighted by Gasteiger charge is 2.46. The third-order valence-electron chi connectivity index (χ3n) is 7.27. The van der Waals surface area contributed by atoms with Crippen LogP contribution < -0.4 is 4.74 Å². The molecule has 3 aliphatic rings. The molecular formula is C24H31N3O2S. The molecule has 4 atom stereocenters. The molecule has 3 fully saturated rings. The molecule has 2 bridgehead atoms. The summed E-state index contributed by atoms with van der Waals surface area (Å²) in [5.74, 6) is 2.27. The van der Waals surface area contributed by atoms with Crippen LogP contribution in [-0.4, -0.2) is 53.5 Å². The van der Waals surface area contributed by atoms with Crippen LogP contribution in [0.1, 0.15) is 57.7 Å². The van der Waals surface area contributed by atoms with Crippen LogP contribution in [0.5, 0.6) is 5.75 Å². The molecular weight excluding hydrogens is 394 g/mol. The Balaban J connectivity index is 1.35. The summed E-state index contributed by atoms with van der Waals surface area (Å²) in [6, 6.07) is 9.73. The van der Waals surface area contributed by atoms with Crippen LogP contribution in [0.15, 0.2) is 24.3 Å². The number of piperidine rings is 3. The van der Waals surface area contributed by atoms with E-state index in [0.717, 1.165) is 41.0 Å². The van der Waals surface area contributed by atoms with E-state index in [1.165, 1.54) is 31.2 Å². The van der Waals surface area contributed by atoms with Gasteiger partial charge in [-0.2, -0.15) is 0 Å². The quantitative estimate of drug-likeness (QED) is 0.729. The second kappa shape index (κ2) is 7.97. The number of benzene rings is 1. The first-order chi connectivity index (χ1) is 14.5. The van der Waals surface area contributed by atoms with Gasteiger partial charge in [-0.15, -0.1) is 11.3 Å². The van der Waals surface area contributed by atoms with E-state index >= 15 is 0 Å². The Kier molecular flexibility index (Phi) is 5.31. The second-order valence-electron chi connectivity index (χ2n) is 9.20. The third-order valence-corrected chi connectivity index (χ3v) is 8.33. The van der Waals surface area contributed by atoms with Gasteiger partial charge in [0.05, 0.1) is 17.8 Å². The van der Waals surface area contributed by atoms with Crippen molar-refractivity contribution in [1.82, 2.24) is 14.8 Å². The van der Waals surface area contributed by atoms with Gasteiger partial charge in [0.15, 0.2) is 0 Å². The smallest absolute Gasteiger partial charge is 0.265 e. The number of ether oxygens (including phenoxy) is 1. The Hall–Kier alpha value is -1.92. The second-order valence-corrected chi connectivity index (χ2v) is 10.4. The fourth-order valence-electron chi connectivity index (χ4n) is 6.03. The summed E-state index contributed by atoms with van der Waals surface area (Å²) in [4.78, 5) is 23.5. The Morgan fingerprint density at radius 1 is 1.13 bits per heavy atom. The molecule has 30 heavy (non-hydrogen) atoms. The van der Waals surface area contributed by atoms with E-state index in [9.17, 15) is 4.79 Å². The Labute approximate surface area is 183 Å². The third kappa shape index (κ3) is 3.54. The molecule has 5 nitrogen and oxygen atoms in total. The summed E-state index contributed by atoms with van der Waals surface area (Å²) in [6.07, 6.45) is 5.01. The molecule has 2 aromatic rings. The zero-order chi connectivity index (χ0) is 20.8. The van der Waals surface area contributed by atoms with E-state index in [4.69, 9.17) is 4.74 Å². The van der Waals surface area contributed by atoms with Crippen LogP contribution in [0, 0.1) is 25.7 Å². The van der Waals surface area contributed by atoms with E-state index < -0.39 is 0 Å². The van der Waals surface area contributed by atoms with Crippen molar-refractivity contribution in [3.05, 3.63) is 45.4 Å². The first-order valence-electron chi connectivity index (χ1n) is 11.2. The zero-order valence-corrected chi connectivity index (χ0v) is 19.0. The van der Waals surface area contributed by atoms with Crippen molar-refractivity contribution in [3.63, 3.8) is 0 Å². The molecule has 1 amide bonds. The average Bonchev–Trinajstić information content (AvgIpc) is 3.10. The average molecular weight is 426 g/mol. The molecule has 3 saturated heterocycles. The SMILES string of the molecule is COc1ccc([C@H]2CCC[C@H]3[C@@H]4C[C@@H](CN(C(=O)c5sc(C)nc5C)C4)CN23)cc1. The molecule has 160 valence electrons. The molecule has 3 aliphatic heterocycles. The number of hydrogen-bond acceptors (Lipinski definition) is 5. The number of carbonyl (C=O) groups excluding carboxylic acids is 1. The van der Waals surface area contributed by atoms with E-state index in [-0.39, 0.29) is 5.91 Å². The van der Waals surface area contributed by atoms with Crippen LogP contribution in [0.25, 0.3) is 0 Å². The fourth-order valence-corrected chi connectivity index (χ4v) is 6.92. The number of aryl methyl sites for hydroxylation is 2. The lowest BCUT2D eigenvalue weighted by atomic mass is 9.74. The van der Waals surface area contributed by atoms with Crippen molar-refractivity contribution in [2.45, 2.75) is 51.6 Å². The number of fused-ring (bicyclic) bond motifs is 4. The lowest BCUT2D eigenvalue weighted by Gasteiger charge is -2.55. The van der Waals surface area contributed by atoms with E-state index in [2.05, 4.69) is 39.0 Å². The monoisotopic (exact) mass is 425 g/mol. The highest BCUT2D eigenvalue weighted by atomic mass is 32.1. The summed E-state index contributed by atoms with van der Waals surface area (Å²) in [6.45, 7) is 6.82. The van der Waals surface area contributed by atoms with Crippen molar-refractivity contribution >= 4 is 17.2 Å². The minimum absolute atomic E-state index is 0.198. The molecule has 5 rings (SSSR count). The number of nitrogens with zero attached hydrogens (tertiary/aromatic N) is 3. The fraction of sp³-hybridized carbons (Fsp3) is 0.583. The van der Waals surface area contributed by atoms with Gasteiger partial charge in [0.25, 0.3) is 5.91 Å². The zero-order valence-electron chi connectivity index (χ0n) is 18.1. The van der Waals surface area contributed by atoms with Gasteiger partial charge in [-0.1, -0.05) is 12.1 Å². The number of rotatable bonds is 3. The van der Waals surface area contributed by atoms with Crippen molar-refractivity contribution < 1.29 is 9.53 Å². The van der Waals surface area contributed by atoms with Crippen LogP contribution in [0.3, 0.4) is 0 Å². The van der Waals surface area contributed by atoms with Gasteiger partial charge < -0.3 is 9.64 Å².